The van der Waals surface area contributed by atoms with Crippen LogP contribution in [0.5, 0.6) is 0 Å². The highest BCUT2D eigenvalue weighted by molar-refractivity contribution is 5.51. The predicted molar refractivity (Wildman–Crippen MR) is 64.1 cm³/mol. The van der Waals surface area contributed by atoms with E-state index < -0.39 is 4.92 Å². The maximum absolute atomic E-state index is 10.7. The fourth-order valence-electron chi connectivity index (χ4n) is 1.35. The van der Waals surface area contributed by atoms with Crippen molar-refractivity contribution in [3.8, 4) is 0 Å². The first kappa shape index (κ1) is 13.4. The monoisotopic (exact) mass is 242 g/mol. The number of unbranched alkanes of at least 4 members (excludes halogenated alkanes) is 1. The van der Waals surface area contributed by atoms with Crippen LogP contribution < -0.4 is 5.32 Å². The van der Waals surface area contributed by atoms with Gasteiger partial charge in [-0.3, -0.25) is 4.57 Å². The molecule has 1 heterocycles. The van der Waals surface area contributed by atoms with Gasteiger partial charge in [-0.25, -0.2) is 0 Å². The van der Waals surface area contributed by atoms with E-state index in [4.69, 9.17) is 4.74 Å². The number of imidazole rings is 1. The van der Waals surface area contributed by atoms with Gasteiger partial charge in [-0.05, 0) is 16.3 Å². The summed E-state index contributed by atoms with van der Waals surface area (Å²) in [5.41, 5.74) is 0. The summed E-state index contributed by atoms with van der Waals surface area (Å²) in [6.07, 6.45) is 3.55. The Morgan fingerprint density at radius 1 is 1.59 bits per heavy atom. The molecule has 0 saturated heterocycles. The van der Waals surface area contributed by atoms with Crippen LogP contribution in [0.2, 0.25) is 0 Å². The minimum absolute atomic E-state index is 0.152. The Kier molecular flexibility index (Phi) is 5.41. The van der Waals surface area contributed by atoms with Crippen molar-refractivity contribution in [2.24, 2.45) is 7.05 Å². The maximum Gasteiger partial charge on any atom is 0.406 e. The van der Waals surface area contributed by atoms with E-state index in [9.17, 15) is 10.1 Å². The average Bonchev–Trinajstić information content (AvgIpc) is 2.65. The molecule has 0 fully saturated rings. The zero-order valence-electron chi connectivity index (χ0n) is 10.2. The molecular formula is C10H18N4O3. The lowest BCUT2D eigenvalue weighted by Crippen LogP contribution is -2.13. The number of hydrogen-bond acceptors (Lipinski definition) is 5. The molecule has 7 nitrogen and oxygen atoms in total. The third-order valence-corrected chi connectivity index (χ3v) is 2.27. The molecule has 0 aromatic carbocycles. The number of nitrogens with zero attached hydrogens (tertiary/aromatic N) is 3. The highest BCUT2D eigenvalue weighted by Gasteiger charge is 2.19. The first-order valence-corrected chi connectivity index (χ1v) is 5.64. The van der Waals surface area contributed by atoms with E-state index in [1.165, 1.54) is 6.33 Å². The Balaban J connectivity index is 2.36. The van der Waals surface area contributed by atoms with Crippen molar-refractivity contribution in [3.63, 3.8) is 0 Å². The number of hydrogen-bond donors (Lipinski definition) is 1. The van der Waals surface area contributed by atoms with Crippen molar-refractivity contribution in [1.29, 1.82) is 0 Å². The fraction of sp³-hybridized carbons (Fsp3) is 0.700. The second-order valence-corrected chi connectivity index (χ2v) is 3.68. The molecule has 17 heavy (non-hydrogen) atoms. The van der Waals surface area contributed by atoms with Crippen LogP contribution in [0.15, 0.2) is 6.33 Å². The van der Waals surface area contributed by atoms with E-state index in [2.05, 4.69) is 17.2 Å². The van der Waals surface area contributed by atoms with Crippen LogP contribution in [-0.2, 0) is 11.8 Å². The summed E-state index contributed by atoms with van der Waals surface area (Å²) >= 11 is 0. The number of nitro groups is 1. The van der Waals surface area contributed by atoms with Crippen molar-refractivity contribution in [1.82, 2.24) is 9.55 Å². The second-order valence-electron chi connectivity index (χ2n) is 3.68. The first-order valence-electron chi connectivity index (χ1n) is 5.64. The number of nitrogens with one attached hydrogen (secondary N) is 1. The van der Waals surface area contributed by atoms with Gasteiger partial charge in [0, 0.05) is 20.2 Å². The predicted octanol–water partition coefficient (Wildman–Crippen LogP) is 1.56. The molecular weight excluding hydrogens is 224 g/mol. The molecule has 1 aromatic rings. The van der Waals surface area contributed by atoms with Gasteiger partial charge in [-0.2, -0.15) is 0 Å². The number of rotatable bonds is 8. The van der Waals surface area contributed by atoms with Gasteiger partial charge in [-0.1, -0.05) is 13.3 Å². The molecule has 96 valence electrons. The Hall–Kier alpha value is -1.63. The molecule has 0 amide bonds. The summed E-state index contributed by atoms with van der Waals surface area (Å²) in [6, 6.07) is 0. The highest BCUT2D eigenvalue weighted by atomic mass is 16.6. The van der Waals surface area contributed by atoms with Crippen LogP contribution in [0.1, 0.15) is 19.8 Å². The van der Waals surface area contributed by atoms with Gasteiger partial charge in [0.15, 0.2) is 0 Å². The zero-order valence-corrected chi connectivity index (χ0v) is 10.2. The van der Waals surface area contributed by atoms with Gasteiger partial charge in [0.2, 0.25) is 12.1 Å². The zero-order chi connectivity index (χ0) is 12.7. The number of aromatic nitrogens is 2. The van der Waals surface area contributed by atoms with Gasteiger partial charge in [0.1, 0.15) is 0 Å². The molecule has 1 aromatic heterocycles. The Labute approximate surface area is 99.9 Å². The summed E-state index contributed by atoms with van der Waals surface area (Å²) in [5.74, 6) is 0.259. The summed E-state index contributed by atoms with van der Waals surface area (Å²) < 4.78 is 6.94. The molecule has 0 spiro atoms. The molecule has 0 radical (unpaired) electrons. The van der Waals surface area contributed by atoms with Crippen molar-refractivity contribution < 1.29 is 9.66 Å². The van der Waals surface area contributed by atoms with E-state index in [-0.39, 0.29) is 5.82 Å². The Morgan fingerprint density at radius 3 is 3.00 bits per heavy atom. The third-order valence-electron chi connectivity index (χ3n) is 2.27. The van der Waals surface area contributed by atoms with E-state index in [0.717, 1.165) is 19.4 Å². The van der Waals surface area contributed by atoms with Crippen LogP contribution in [0, 0.1) is 10.1 Å². The minimum Gasteiger partial charge on any atom is -0.380 e. The smallest absolute Gasteiger partial charge is 0.380 e. The van der Waals surface area contributed by atoms with Crippen molar-refractivity contribution in [2.75, 3.05) is 25.1 Å². The molecule has 0 saturated carbocycles. The normalized spacial score (nSPS) is 10.5. The number of ether oxygens (including phenoxy) is 1. The topological polar surface area (TPSA) is 82.2 Å². The van der Waals surface area contributed by atoms with E-state index >= 15 is 0 Å². The molecule has 0 bridgehead atoms. The lowest BCUT2D eigenvalue weighted by molar-refractivity contribution is -0.388. The second kappa shape index (κ2) is 6.85. The Bertz CT molecular complexity index is 364. The largest absolute Gasteiger partial charge is 0.406 e. The van der Waals surface area contributed by atoms with Crippen LogP contribution in [0.25, 0.3) is 0 Å². The molecule has 0 atom stereocenters. The van der Waals surface area contributed by atoms with E-state index in [0.29, 0.717) is 19.0 Å². The van der Waals surface area contributed by atoms with Crippen LogP contribution in [-0.4, -0.2) is 34.2 Å². The van der Waals surface area contributed by atoms with Crippen LogP contribution in [0.3, 0.4) is 0 Å². The van der Waals surface area contributed by atoms with Crippen molar-refractivity contribution in [2.45, 2.75) is 19.8 Å². The van der Waals surface area contributed by atoms with Crippen molar-refractivity contribution in [3.05, 3.63) is 16.4 Å². The summed E-state index contributed by atoms with van der Waals surface area (Å²) in [6.45, 7) is 3.89. The highest BCUT2D eigenvalue weighted by Crippen LogP contribution is 2.20. The van der Waals surface area contributed by atoms with Crippen LogP contribution in [0.4, 0.5) is 11.6 Å². The van der Waals surface area contributed by atoms with E-state index in [1.807, 2.05) is 0 Å². The SMILES string of the molecule is CCCCOCCNc1c([N+](=O)[O-])ncn1C. The lowest BCUT2D eigenvalue weighted by Gasteiger charge is -2.06. The molecule has 0 unspecified atom stereocenters. The third kappa shape index (κ3) is 4.03. The molecule has 0 aliphatic heterocycles. The quantitative estimate of drug-likeness (QED) is 0.425. The van der Waals surface area contributed by atoms with Gasteiger partial charge < -0.3 is 20.2 Å². The Morgan fingerprint density at radius 2 is 2.35 bits per heavy atom. The molecule has 1 rings (SSSR count). The molecule has 0 aliphatic rings. The summed E-state index contributed by atoms with van der Waals surface area (Å²) in [7, 11) is 1.71. The van der Waals surface area contributed by atoms with Crippen molar-refractivity contribution >= 4 is 11.6 Å². The van der Waals surface area contributed by atoms with Gasteiger partial charge in [-0.15, -0.1) is 0 Å². The van der Waals surface area contributed by atoms with Crippen LogP contribution >= 0.6 is 0 Å². The molecule has 1 N–H and O–H groups in total. The summed E-state index contributed by atoms with van der Waals surface area (Å²) in [4.78, 5) is 13.9. The first-order chi connectivity index (χ1) is 8.16. The average molecular weight is 242 g/mol. The number of aryl methyl sites for hydroxylation is 1. The number of anilines is 1. The van der Waals surface area contributed by atoms with Gasteiger partial charge >= 0.3 is 5.82 Å². The van der Waals surface area contributed by atoms with Gasteiger partial charge in [0.25, 0.3) is 0 Å². The lowest BCUT2D eigenvalue weighted by atomic mass is 10.4. The molecule has 0 aliphatic carbocycles. The van der Waals surface area contributed by atoms with E-state index in [1.54, 1.807) is 11.6 Å². The minimum atomic E-state index is -0.500. The maximum atomic E-state index is 10.7. The van der Waals surface area contributed by atoms with Gasteiger partial charge in [0.05, 0.1) is 6.61 Å². The fourth-order valence-corrected chi connectivity index (χ4v) is 1.35. The summed E-state index contributed by atoms with van der Waals surface area (Å²) in [5, 5.41) is 13.6. The standard InChI is InChI=1S/C10H18N4O3/c1-3-4-6-17-7-5-11-9-10(14(15)16)12-8-13(9)2/h8,11H,3-7H2,1-2H3. The molecule has 7 heteroatoms.